The van der Waals surface area contributed by atoms with E-state index >= 15 is 0 Å². The fourth-order valence-corrected chi connectivity index (χ4v) is 5.06. The Hall–Kier alpha value is -2.98. The summed E-state index contributed by atoms with van der Waals surface area (Å²) in [5.41, 5.74) is 3.85. The molecule has 1 aliphatic heterocycles. The SMILES string of the molecule is CC1=NN(c2ccccc2)C(=O)/C1=C/c1cc(Br)c(OCc2ccc(C(=O)O)cc2)c(I)c1. The first-order chi connectivity index (χ1) is 15.8. The van der Waals surface area contributed by atoms with Gasteiger partial charge in [-0.05, 0) is 99.0 Å². The van der Waals surface area contributed by atoms with Gasteiger partial charge in [0.25, 0.3) is 5.91 Å². The highest BCUT2D eigenvalue weighted by atomic mass is 127. The van der Waals surface area contributed by atoms with Crippen molar-refractivity contribution in [1.29, 1.82) is 0 Å². The minimum Gasteiger partial charge on any atom is -0.487 e. The number of carboxylic acid groups (broad SMARTS) is 1. The summed E-state index contributed by atoms with van der Waals surface area (Å²) < 4.78 is 7.60. The second-order valence-electron chi connectivity index (χ2n) is 7.30. The average molecular weight is 617 g/mol. The van der Waals surface area contributed by atoms with Crippen LogP contribution in [0.5, 0.6) is 5.75 Å². The number of amides is 1. The summed E-state index contributed by atoms with van der Waals surface area (Å²) in [6.07, 6.45) is 1.82. The van der Waals surface area contributed by atoms with E-state index in [1.54, 1.807) is 24.3 Å². The van der Waals surface area contributed by atoms with E-state index in [1.807, 2.05) is 55.5 Å². The number of hydrogen-bond acceptors (Lipinski definition) is 4. The van der Waals surface area contributed by atoms with E-state index in [9.17, 15) is 9.59 Å². The minimum absolute atomic E-state index is 0.171. The van der Waals surface area contributed by atoms with Gasteiger partial charge in [-0.3, -0.25) is 4.79 Å². The van der Waals surface area contributed by atoms with Gasteiger partial charge in [0.2, 0.25) is 0 Å². The van der Waals surface area contributed by atoms with Crippen LogP contribution < -0.4 is 9.75 Å². The Morgan fingerprint density at radius 3 is 2.48 bits per heavy atom. The molecule has 0 bridgehead atoms. The molecule has 0 unspecified atom stereocenters. The van der Waals surface area contributed by atoms with Crippen LogP contribution in [0.15, 0.2) is 81.9 Å². The molecule has 0 fully saturated rings. The van der Waals surface area contributed by atoms with Crippen molar-refractivity contribution in [2.45, 2.75) is 13.5 Å². The zero-order chi connectivity index (χ0) is 23.5. The third kappa shape index (κ3) is 5.17. The quantitative estimate of drug-likeness (QED) is 0.267. The van der Waals surface area contributed by atoms with Crippen LogP contribution in [0.3, 0.4) is 0 Å². The Bertz CT molecular complexity index is 1260. The molecule has 33 heavy (non-hydrogen) atoms. The second-order valence-corrected chi connectivity index (χ2v) is 9.32. The number of hydrazone groups is 1. The van der Waals surface area contributed by atoms with E-state index in [4.69, 9.17) is 9.84 Å². The van der Waals surface area contributed by atoms with Crippen molar-refractivity contribution in [3.05, 3.63) is 97.0 Å². The number of para-hydroxylation sites is 1. The largest absolute Gasteiger partial charge is 0.487 e. The monoisotopic (exact) mass is 616 g/mol. The molecule has 0 aliphatic carbocycles. The van der Waals surface area contributed by atoms with Crippen LogP contribution in [-0.2, 0) is 11.4 Å². The summed E-state index contributed by atoms with van der Waals surface area (Å²) in [6, 6.07) is 19.7. The van der Waals surface area contributed by atoms with Gasteiger partial charge in [0.1, 0.15) is 12.4 Å². The molecule has 0 atom stereocenters. The van der Waals surface area contributed by atoms with Gasteiger partial charge in [-0.25, -0.2) is 4.79 Å². The molecule has 0 saturated heterocycles. The van der Waals surface area contributed by atoms with E-state index in [1.165, 1.54) is 5.01 Å². The number of anilines is 1. The number of hydrogen-bond donors (Lipinski definition) is 1. The van der Waals surface area contributed by atoms with Crippen molar-refractivity contribution in [3.8, 4) is 5.75 Å². The molecule has 0 radical (unpaired) electrons. The second kappa shape index (κ2) is 9.88. The van der Waals surface area contributed by atoms with Crippen molar-refractivity contribution < 1.29 is 19.4 Å². The van der Waals surface area contributed by atoms with E-state index in [-0.39, 0.29) is 11.5 Å². The fraction of sp³-hybridized carbons (Fsp3) is 0.0800. The van der Waals surface area contributed by atoms with Gasteiger partial charge in [0, 0.05) is 0 Å². The Morgan fingerprint density at radius 1 is 1.15 bits per heavy atom. The van der Waals surface area contributed by atoms with Crippen LogP contribution in [0.1, 0.15) is 28.4 Å². The number of aromatic carboxylic acids is 1. The normalized spacial score (nSPS) is 14.5. The Kier molecular flexibility index (Phi) is 6.94. The van der Waals surface area contributed by atoms with Gasteiger partial charge >= 0.3 is 5.97 Å². The standard InChI is InChI=1S/C25H18BrIN2O4/c1-15-20(24(30)29(28-15)19-5-3-2-4-6-19)11-17-12-21(26)23(22(27)13-17)33-14-16-7-9-18(10-8-16)25(31)32/h2-13H,14H2,1H3,(H,31,32)/b20-11+. The molecule has 3 aromatic rings. The third-order valence-corrected chi connectivity index (χ3v) is 6.37. The molecular formula is C25H18BrIN2O4. The van der Waals surface area contributed by atoms with Crippen LogP contribution in [0.25, 0.3) is 6.08 Å². The number of carboxylic acids is 1. The number of carbonyl (C=O) groups is 2. The smallest absolute Gasteiger partial charge is 0.335 e. The molecule has 1 aliphatic rings. The van der Waals surface area contributed by atoms with Crippen LogP contribution in [0.2, 0.25) is 0 Å². The number of carbonyl (C=O) groups excluding carboxylic acids is 1. The van der Waals surface area contributed by atoms with Gasteiger partial charge in [-0.2, -0.15) is 10.1 Å². The molecule has 1 N–H and O–H groups in total. The average Bonchev–Trinajstić information content (AvgIpc) is 3.08. The van der Waals surface area contributed by atoms with Gasteiger partial charge < -0.3 is 9.84 Å². The lowest BCUT2D eigenvalue weighted by Gasteiger charge is -2.12. The predicted molar refractivity (Wildman–Crippen MR) is 140 cm³/mol. The Balaban J connectivity index is 1.52. The van der Waals surface area contributed by atoms with E-state index < -0.39 is 5.97 Å². The summed E-state index contributed by atoms with van der Waals surface area (Å²) >= 11 is 5.76. The molecule has 1 amide bonds. The Morgan fingerprint density at radius 2 is 1.85 bits per heavy atom. The minimum atomic E-state index is -0.961. The molecule has 1 heterocycles. The highest BCUT2D eigenvalue weighted by molar-refractivity contribution is 14.1. The zero-order valence-corrected chi connectivity index (χ0v) is 21.2. The summed E-state index contributed by atoms with van der Waals surface area (Å²) in [6.45, 7) is 2.12. The highest BCUT2D eigenvalue weighted by Crippen LogP contribution is 2.34. The Labute approximate surface area is 212 Å². The first kappa shape index (κ1) is 23.2. The number of benzene rings is 3. The lowest BCUT2D eigenvalue weighted by molar-refractivity contribution is -0.114. The molecule has 0 aromatic heterocycles. The number of rotatable bonds is 6. The number of nitrogens with zero attached hydrogens (tertiary/aromatic N) is 2. The maximum absolute atomic E-state index is 13.0. The molecule has 166 valence electrons. The summed E-state index contributed by atoms with van der Waals surface area (Å²) in [5, 5.41) is 14.8. The summed E-state index contributed by atoms with van der Waals surface area (Å²) in [7, 11) is 0. The van der Waals surface area contributed by atoms with Crippen LogP contribution in [-0.4, -0.2) is 22.7 Å². The van der Waals surface area contributed by atoms with E-state index in [0.29, 0.717) is 23.6 Å². The fourth-order valence-electron chi connectivity index (χ4n) is 3.29. The lowest BCUT2D eigenvalue weighted by Crippen LogP contribution is -2.21. The molecular weight excluding hydrogens is 599 g/mol. The highest BCUT2D eigenvalue weighted by Gasteiger charge is 2.28. The first-order valence-corrected chi connectivity index (χ1v) is 11.8. The van der Waals surface area contributed by atoms with Crippen LogP contribution in [0.4, 0.5) is 5.69 Å². The molecule has 4 rings (SSSR count). The van der Waals surface area contributed by atoms with Crippen molar-refractivity contribution in [3.63, 3.8) is 0 Å². The van der Waals surface area contributed by atoms with Crippen molar-refractivity contribution >= 4 is 67.9 Å². The van der Waals surface area contributed by atoms with Crippen LogP contribution in [0, 0.1) is 3.57 Å². The lowest BCUT2D eigenvalue weighted by atomic mass is 10.1. The summed E-state index contributed by atoms with van der Waals surface area (Å²) in [4.78, 5) is 23.9. The van der Waals surface area contributed by atoms with Crippen LogP contribution >= 0.6 is 38.5 Å². The van der Waals surface area contributed by atoms with E-state index in [2.05, 4.69) is 43.6 Å². The van der Waals surface area contributed by atoms with Gasteiger partial charge in [0.05, 0.1) is 30.6 Å². The molecule has 8 heteroatoms. The third-order valence-electron chi connectivity index (χ3n) is 4.98. The van der Waals surface area contributed by atoms with Gasteiger partial charge in [0.15, 0.2) is 0 Å². The zero-order valence-electron chi connectivity index (χ0n) is 17.5. The molecule has 6 nitrogen and oxygen atoms in total. The summed E-state index contributed by atoms with van der Waals surface area (Å²) in [5.74, 6) is -0.457. The van der Waals surface area contributed by atoms with Gasteiger partial charge in [-0.15, -0.1) is 0 Å². The topological polar surface area (TPSA) is 79.2 Å². The molecule has 3 aromatic carbocycles. The van der Waals surface area contributed by atoms with Crippen molar-refractivity contribution in [2.24, 2.45) is 5.10 Å². The molecule has 0 saturated carbocycles. The predicted octanol–water partition coefficient (Wildman–Crippen LogP) is 6.14. The maximum Gasteiger partial charge on any atom is 0.335 e. The first-order valence-electron chi connectivity index (χ1n) is 9.94. The number of halogens is 2. The van der Waals surface area contributed by atoms with Gasteiger partial charge in [-0.1, -0.05) is 30.3 Å². The molecule has 0 spiro atoms. The van der Waals surface area contributed by atoms with Crippen molar-refractivity contribution in [2.75, 3.05) is 5.01 Å². The number of ether oxygens (including phenoxy) is 1. The van der Waals surface area contributed by atoms with E-state index in [0.717, 1.165) is 24.9 Å². The maximum atomic E-state index is 13.0. The van der Waals surface area contributed by atoms with Crippen molar-refractivity contribution in [1.82, 2.24) is 0 Å².